The number of ether oxygens (including phenoxy) is 1. The van der Waals surface area contributed by atoms with Crippen LogP contribution in [0.1, 0.15) is 71.3 Å². The van der Waals surface area contributed by atoms with Gasteiger partial charge in [0.25, 0.3) is 0 Å². The Morgan fingerprint density at radius 3 is 2.19 bits per heavy atom. The van der Waals surface area contributed by atoms with Gasteiger partial charge in [0.05, 0.1) is 0 Å². The normalized spacial score (nSPS) is 17.1. The fraction of sp³-hybridized carbons (Fsp3) is 0.552. The SMILES string of the molecule is CCOC(=O)C1(C(CC)C[CH2][Cr][CH](CC)Cc2ccc(-c3ccccc3)cc2)CCCC1. The molecule has 3 rings (SSSR count). The summed E-state index contributed by atoms with van der Waals surface area (Å²) in [6, 6.07) is 19.8. The summed E-state index contributed by atoms with van der Waals surface area (Å²) in [5.41, 5.74) is 3.82. The van der Waals surface area contributed by atoms with Gasteiger partial charge in [-0.05, 0) is 0 Å². The van der Waals surface area contributed by atoms with Gasteiger partial charge in [-0.2, -0.15) is 0 Å². The second kappa shape index (κ2) is 12.6. The van der Waals surface area contributed by atoms with Crippen LogP contribution in [0, 0.1) is 11.3 Å². The molecule has 2 aromatic carbocycles. The van der Waals surface area contributed by atoms with Crippen molar-refractivity contribution in [1.82, 2.24) is 0 Å². The molecule has 1 aliphatic rings. The summed E-state index contributed by atoms with van der Waals surface area (Å²) in [6.07, 6.45) is 9.09. The molecule has 0 saturated heterocycles. The molecule has 1 saturated carbocycles. The van der Waals surface area contributed by atoms with Crippen molar-refractivity contribution in [3.8, 4) is 11.1 Å². The summed E-state index contributed by atoms with van der Waals surface area (Å²) in [4.78, 5) is 12.9. The number of benzene rings is 2. The Balaban J connectivity index is 1.55. The van der Waals surface area contributed by atoms with Gasteiger partial charge in [-0.15, -0.1) is 0 Å². The molecular weight excluding hydrogens is 432 g/mol. The molecule has 1 fully saturated rings. The number of carbonyl (C=O) groups excluding carboxylic acids is 1. The van der Waals surface area contributed by atoms with Crippen LogP contribution < -0.4 is 0 Å². The van der Waals surface area contributed by atoms with E-state index in [1.54, 1.807) is 0 Å². The van der Waals surface area contributed by atoms with Crippen LogP contribution in [0.3, 0.4) is 0 Å². The summed E-state index contributed by atoms with van der Waals surface area (Å²) in [5, 5.41) is 1.27. The number of hydrogen-bond acceptors (Lipinski definition) is 2. The molecule has 2 nitrogen and oxygen atoms in total. The number of rotatable bonds is 12. The van der Waals surface area contributed by atoms with Gasteiger partial charge >= 0.3 is 202 Å². The number of esters is 1. The van der Waals surface area contributed by atoms with E-state index in [1.807, 2.05) is 6.92 Å². The summed E-state index contributed by atoms with van der Waals surface area (Å²) >= 11 is 0.606. The molecule has 0 spiro atoms. The van der Waals surface area contributed by atoms with Crippen molar-refractivity contribution in [1.29, 1.82) is 0 Å². The van der Waals surface area contributed by atoms with Gasteiger partial charge in [0.15, 0.2) is 0 Å². The zero-order valence-corrected chi connectivity index (χ0v) is 21.4. The van der Waals surface area contributed by atoms with Crippen LogP contribution in [-0.2, 0) is 31.2 Å². The minimum atomic E-state index is -0.199. The molecular formula is C29H40CrO2. The third-order valence-corrected chi connectivity index (χ3v) is 9.50. The van der Waals surface area contributed by atoms with E-state index in [1.165, 1.54) is 54.1 Å². The van der Waals surface area contributed by atoms with E-state index in [0.717, 1.165) is 24.0 Å². The first kappa shape index (κ1) is 25.1. The first-order valence-electron chi connectivity index (χ1n) is 12.6. The molecule has 2 aromatic rings. The van der Waals surface area contributed by atoms with Gasteiger partial charge in [0.1, 0.15) is 0 Å². The fourth-order valence-corrected chi connectivity index (χ4v) is 7.39. The van der Waals surface area contributed by atoms with Gasteiger partial charge in [-0.25, -0.2) is 0 Å². The molecule has 0 aromatic heterocycles. The Bertz CT molecular complexity index is 809. The molecule has 32 heavy (non-hydrogen) atoms. The molecule has 2 atom stereocenters. The third-order valence-electron chi connectivity index (χ3n) is 7.25. The van der Waals surface area contributed by atoms with Crippen molar-refractivity contribution in [3.63, 3.8) is 0 Å². The van der Waals surface area contributed by atoms with E-state index in [-0.39, 0.29) is 11.4 Å². The standard InChI is InChI=1S/C16H17.C13H23O2.Cr/c1-2-3-7-14-10-12-16(13-11-14)15-8-5-4-6-9-15;1-4-11(5-2)13(9-7-8-10-13)12(14)15-6-3;/h3-6,8-13H,2,7H2,1H3;11H,1,4-10H2,2-3H3;. The maximum absolute atomic E-state index is 12.9. The summed E-state index contributed by atoms with van der Waals surface area (Å²) in [7, 11) is 0. The van der Waals surface area contributed by atoms with Crippen molar-refractivity contribution >= 4 is 5.97 Å². The van der Waals surface area contributed by atoms with Gasteiger partial charge in [-0.1, -0.05) is 0 Å². The molecule has 2 unspecified atom stereocenters. The Kier molecular flexibility index (Phi) is 9.89. The monoisotopic (exact) mass is 472 g/mol. The maximum atomic E-state index is 12.9. The van der Waals surface area contributed by atoms with Crippen LogP contribution in [-0.4, -0.2) is 12.6 Å². The van der Waals surface area contributed by atoms with Gasteiger partial charge in [-0.3, -0.25) is 0 Å². The van der Waals surface area contributed by atoms with Crippen LogP contribution >= 0.6 is 0 Å². The van der Waals surface area contributed by atoms with E-state index in [9.17, 15) is 4.79 Å². The molecule has 0 heterocycles. The van der Waals surface area contributed by atoms with Crippen molar-refractivity contribution in [2.75, 3.05) is 6.61 Å². The molecule has 0 aliphatic heterocycles. The van der Waals surface area contributed by atoms with Crippen LogP contribution in [0.25, 0.3) is 11.1 Å². The van der Waals surface area contributed by atoms with E-state index >= 15 is 0 Å². The number of hydrogen-bond donors (Lipinski definition) is 0. The van der Waals surface area contributed by atoms with Gasteiger partial charge in [0.2, 0.25) is 0 Å². The molecule has 0 radical (unpaired) electrons. The van der Waals surface area contributed by atoms with E-state index in [4.69, 9.17) is 4.74 Å². The third kappa shape index (κ3) is 6.27. The predicted molar refractivity (Wildman–Crippen MR) is 130 cm³/mol. The minimum absolute atomic E-state index is 0.0856. The Labute approximate surface area is 201 Å². The molecule has 3 heteroatoms. The molecule has 0 bridgehead atoms. The second-order valence-electron chi connectivity index (χ2n) is 9.15. The summed E-state index contributed by atoms with van der Waals surface area (Å²) < 4.78 is 6.32. The van der Waals surface area contributed by atoms with Gasteiger partial charge < -0.3 is 0 Å². The van der Waals surface area contributed by atoms with Crippen LogP contribution in [0.4, 0.5) is 0 Å². The fourth-order valence-electron chi connectivity index (χ4n) is 5.36. The topological polar surface area (TPSA) is 26.3 Å². The van der Waals surface area contributed by atoms with Crippen LogP contribution in [0.15, 0.2) is 54.6 Å². The Hall–Kier alpha value is -1.56. The zero-order valence-electron chi connectivity index (χ0n) is 20.1. The first-order valence-corrected chi connectivity index (χ1v) is 14.2. The van der Waals surface area contributed by atoms with Crippen LogP contribution in [0.2, 0.25) is 10.1 Å². The van der Waals surface area contributed by atoms with E-state index < -0.39 is 0 Å². The molecule has 174 valence electrons. The average molecular weight is 473 g/mol. The molecule has 1 aliphatic carbocycles. The zero-order chi connectivity index (χ0) is 22.8. The molecule has 0 N–H and O–H groups in total. The second-order valence-corrected chi connectivity index (χ2v) is 11.3. The Morgan fingerprint density at radius 2 is 1.59 bits per heavy atom. The van der Waals surface area contributed by atoms with Crippen molar-refractivity contribution in [2.45, 2.75) is 82.2 Å². The summed E-state index contributed by atoms with van der Waals surface area (Å²) in [6.45, 7) is 7.03. The van der Waals surface area contributed by atoms with Crippen LogP contribution in [0.5, 0.6) is 0 Å². The first-order chi connectivity index (χ1) is 15.6. The average Bonchev–Trinajstić information content (AvgIpc) is 3.33. The van der Waals surface area contributed by atoms with E-state index in [2.05, 4.69) is 68.4 Å². The quantitative estimate of drug-likeness (QED) is 0.291. The number of carbonyl (C=O) groups is 1. The molecule has 0 amide bonds. The predicted octanol–water partition coefficient (Wildman–Crippen LogP) is 8.14. The van der Waals surface area contributed by atoms with Crippen molar-refractivity contribution < 1.29 is 24.8 Å². The van der Waals surface area contributed by atoms with Gasteiger partial charge in [0, 0.05) is 0 Å². The van der Waals surface area contributed by atoms with Crippen molar-refractivity contribution in [2.24, 2.45) is 11.3 Å². The van der Waals surface area contributed by atoms with E-state index in [0.29, 0.717) is 27.7 Å². The Morgan fingerprint density at radius 1 is 0.938 bits per heavy atom. The summed E-state index contributed by atoms with van der Waals surface area (Å²) in [5.74, 6) is 0.566. The van der Waals surface area contributed by atoms with Crippen molar-refractivity contribution in [3.05, 3.63) is 60.2 Å².